The molecule has 3 rings (SSSR count). The highest BCUT2D eigenvalue weighted by atomic mass is 16.5. The van der Waals surface area contributed by atoms with E-state index in [1.54, 1.807) is 0 Å². The molecular formula is C17H22N4O3. The van der Waals surface area contributed by atoms with Gasteiger partial charge < -0.3 is 15.4 Å². The van der Waals surface area contributed by atoms with E-state index in [9.17, 15) is 9.90 Å². The van der Waals surface area contributed by atoms with Gasteiger partial charge in [0.2, 0.25) is 5.89 Å². The van der Waals surface area contributed by atoms with Gasteiger partial charge in [0, 0.05) is 6.54 Å². The number of nitrogens with two attached hydrogens (primary N) is 1. The minimum Gasteiger partial charge on any atom is -0.392 e. The van der Waals surface area contributed by atoms with Gasteiger partial charge in [-0.1, -0.05) is 35.5 Å². The quantitative estimate of drug-likeness (QED) is 0.793. The van der Waals surface area contributed by atoms with Crippen LogP contribution in [0.5, 0.6) is 0 Å². The maximum absolute atomic E-state index is 11.1. The molecule has 2 aromatic rings. The fourth-order valence-electron chi connectivity index (χ4n) is 3.13. The molecule has 1 aromatic carbocycles. The van der Waals surface area contributed by atoms with Gasteiger partial charge in [0.25, 0.3) is 11.7 Å². The van der Waals surface area contributed by atoms with Crippen LogP contribution in [0.4, 0.5) is 0 Å². The molecule has 3 N–H and O–H groups in total. The van der Waals surface area contributed by atoms with Gasteiger partial charge in [0.15, 0.2) is 0 Å². The van der Waals surface area contributed by atoms with Crippen LogP contribution in [0.25, 0.3) is 0 Å². The van der Waals surface area contributed by atoms with Crippen molar-refractivity contribution in [2.75, 3.05) is 13.1 Å². The van der Waals surface area contributed by atoms with E-state index in [0.29, 0.717) is 18.9 Å². The summed E-state index contributed by atoms with van der Waals surface area (Å²) in [5.41, 5.74) is 6.38. The van der Waals surface area contributed by atoms with Crippen LogP contribution in [0, 0.1) is 0 Å². The standard InChI is InChI=1S/C17H22N4O3/c18-15(23)16-19-17(24-20-16)14-7-4-10-21(14)11-13(22)9-8-12-5-2-1-3-6-12/h1-3,5-6,13-14,22H,4,7-11H2,(H2,18,23). The van der Waals surface area contributed by atoms with Crippen molar-refractivity contribution in [2.24, 2.45) is 5.73 Å². The maximum atomic E-state index is 11.1. The number of aliphatic hydroxyl groups excluding tert-OH is 1. The van der Waals surface area contributed by atoms with Crippen molar-refractivity contribution >= 4 is 5.91 Å². The number of carbonyl (C=O) groups is 1. The second-order valence-electron chi connectivity index (χ2n) is 6.15. The van der Waals surface area contributed by atoms with Crippen molar-refractivity contribution in [1.29, 1.82) is 0 Å². The van der Waals surface area contributed by atoms with Gasteiger partial charge in [0.1, 0.15) is 0 Å². The second-order valence-corrected chi connectivity index (χ2v) is 6.15. The van der Waals surface area contributed by atoms with E-state index in [2.05, 4.69) is 27.2 Å². The Bertz CT molecular complexity index is 673. The van der Waals surface area contributed by atoms with E-state index < -0.39 is 12.0 Å². The lowest BCUT2D eigenvalue weighted by Crippen LogP contribution is -2.32. The molecule has 0 radical (unpaired) electrons. The van der Waals surface area contributed by atoms with Crippen molar-refractivity contribution in [1.82, 2.24) is 15.0 Å². The topological polar surface area (TPSA) is 105 Å². The summed E-state index contributed by atoms with van der Waals surface area (Å²) in [4.78, 5) is 17.3. The molecule has 0 spiro atoms. The number of β-amino-alcohol motifs (C(OH)–C–C–N with tert-alkyl or cyclic N) is 1. The largest absolute Gasteiger partial charge is 0.392 e. The number of benzene rings is 1. The van der Waals surface area contributed by atoms with Crippen LogP contribution in [0.15, 0.2) is 34.9 Å². The number of hydrogen-bond donors (Lipinski definition) is 2. The average molecular weight is 330 g/mol. The van der Waals surface area contributed by atoms with Crippen LogP contribution in [0.2, 0.25) is 0 Å². The summed E-state index contributed by atoms with van der Waals surface area (Å²) in [7, 11) is 0. The molecule has 1 fully saturated rings. The number of carbonyl (C=O) groups excluding carboxylic acids is 1. The molecule has 7 heteroatoms. The van der Waals surface area contributed by atoms with Crippen LogP contribution < -0.4 is 5.73 Å². The van der Waals surface area contributed by atoms with Crippen molar-refractivity contribution in [3.63, 3.8) is 0 Å². The Balaban J connectivity index is 1.56. The first-order valence-electron chi connectivity index (χ1n) is 8.23. The second kappa shape index (κ2) is 7.55. The molecule has 2 unspecified atom stereocenters. The lowest BCUT2D eigenvalue weighted by molar-refractivity contribution is 0.0908. The summed E-state index contributed by atoms with van der Waals surface area (Å²) in [5.74, 6) is -0.393. The van der Waals surface area contributed by atoms with Gasteiger partial charge in [0.05, 0.1) is 12.1 Å². The first kappa shape index (κ1) is 16.6. The number of rotatable bonds is 7. The van der Waals surface area contributed by atoms with Crippen LogP contribution >= 0.6 is 0 Å². The van der Waals surface area contributed by atoms with E-state index in [4.69, 9.17) is 10.3 Å². The molecule has 1 aliphatic heterocycles. The molecule has 128 valence electrons. The van der Waals surface area contributed by atoms with E-state index in [-0.39, 0.29) is 11.9 Å². The lowest BCUT2D eigenvalue weighted by atomic mass is 10.1. The predicted octanol–water partition coefficient (Wildman–Crippen LogP) is 1.30. The van der Waals surface area contributed by atoms with Crippen LogP contribution in [0.1, 0.15) is 47.4 Å². The summed E-state index contributed by atoms with van der Waals surface area (Å²) in [5, 5.41) is 13.9. The molecular weight excluding hydrogens is 308 g/mol. The number of hydrogen-bond acceptors (Lipinski definition) is 6. The van der Waals surface area contributed by atoms with Gasteiger partial charge in [-0.2, -0.15) is 4.98 Å². The third-order valence-corrected chi connectivity index (χ3v) is 4.37. The summed E-state index contributed by atoms with van der Waals surface area (Å²) in [6, 6.07) is 10.1. The number of primary amides is 1. The highest BCUT2D eigenvalue weighted by Crippen LogP contribution is 2.31. The van der Waals surface area contributed by atoms with E-state index in [1.165, 1.54) is 5.56 Å². The summed E-state index contributed by atoms with van der Waals surface area (Å²) in [6.07, 6.45) is 2.97. The molecule has 7 nitrogen and oxygen atoms in total. The first-order valence-corrected chi connectivity index (χ1v) is 8.23. The average Bonchev–Trinajstić information content (AvgIpc) is 3.22. The molecule has 0 saturated carbocycles. The number of amides is 1. The molecule has 2 heterocycles. The fourth-order valence-corrected chi connectivity index (χ4v) is 3.13. The molecule has 0 aliphatic carbocycles. The van der Waals surface area contributed by atoms with Crippen molar-refractivity contribution in [2.45, 2.75) is 37.8 Å². The van der Waals surface area contributed by atoms with E-state index in [1.807, 2.05) is 18.2 Å². The van der Waals surface area contributed by atoms with Crippen LogP contribution in [-0.2, 0) is 6.42 Å². The number of aromatic nitrogens is 2. The molecule has 24 heavy (non-hydrogen) atoms. The normalized spacial score (nSPS) is 19.5. The monoisotopic (exact) mass is 330 g/mol. The summed E-state index contributed by atoms with van der Waals surface area (Å²) >= 11 is 0. The maximum Gasteiger partial charge on any atom is 0.290 e. The predicted molar refractivity (Wildman–Crippen MR) is 87.1 cm³/mol. The highest BCUT2D eigenvalue weighted by Gasteiger charge is 2.32. The van der Waals surface area contributed by atoms with Gasteiger partial charge in [-0.25, -0.2) is 0 Å². The smallest absolute Gasteiger partial charge is 0.290 e. The Labute approximate surface area is 140 Å². The molecule has 1 amide bonds. The first-order chi connectivity index (χ1) is 11.6. The van der Waals surface area contributed by atoms with Crippen LogP contribution in [0.3, 0.4) is 0 Å². The van der Waals surface area contributed by atoms with Crippen LogP contribution in [-0.4, -0.2) is 45.2 Å². The Morgan fingerprint density at radius 1 is 1.42 bits per heavy atom. The zero-order valence-corrected chi connectivity index (χ0v) is 13.5. The molecule has 2 atom stereocenters. The lowest BCUT2D eigenvalue weighted by Gasteiger charge is -2.24. The minimum atomic E-state index is -0.697. The third kappa shape index (κ3) is 3.98. The number of nitrogens with zero attached hydrogens (tertiary/aromatic N) is 3. The number of aryl methyl sites for hydroxylation is 1. The SMILES string of the molecule is NC(=O)c1noc(C2CCCN2CC(O)CCc2ccccc2)n1. The minimum absolute atomic E-state index is 0.0584. The number of likely N-dealkylation sites (tertiary alicyclic amines) is 1. The fraction of sp³-hybridized carbons (Fsp3) is 0.471. The Hall–Kier alpha value is -2.25. The van der Waals surface area contributed by atoms with Crippen molar-refractivity contribution in [3.8, 4) is 0 Å². The molecule has 1 saturated heterocycles. The summed E-state index contributed by atoms with van der Waals surface area (Å²) < 4.78 is 5.17. The van der Waals surface area contributed by atoms with Gasteiger partial charge in [-0.15, -0.1) is 0 Å². The van der Waals surface area contributed by atoms with Gasteiger partial charge in [-0.05, 0) is 37.8 Å². The zero-order valence-electron chi connectivity index (χ0n) is 13.5. The zero-order chi connectivity index (χ0) is 16.9. The highest BCUT2D eigenvalue weighted by molar-refractivity contribution is 5.88. The third-order valence-electron chi connectivity index (χ3n) is 4.37. The molecule has 1 aliphatic rings. The van der Waals surface area contributed by atoms with E-state index >= 15 is 0 Å². The Kier molecular flexibility index (Phi) is 5.22. The van der Waals surface area contributed by atoms with Crippen molar-refractivity contribution < 1.29 is 14.4 Å². The van der Waals surface area contributed by atoms with Gasteiger partial charge in [-0.3, -0.25) is 9.69 Å². The molecule has 1 aromatic heterocycles. The Morgan fingerprint density at radius 2 is 2.21 bits per heavy atom. The van der Waals surface area contributed by atoms with Gasteiger partial charge >= 0.3 is 0 Å². The van der Waals surface area contributed by atoms with E-state index in [0.717, 1.165) is 25.8 Å². The number of aliphatic hydroxyl groups is 1. The summed E-state index contributed by atoms with van der Waals surface area (Å²) in [6.45, 7) is 1.41. The Morgan fingerprint density at radius 3 is 2.92 bits per heavy atom. The molecule has 0 bridgehead atoms. The van der Waals surface area contributed by atoms with Crippen molar-refractivity contribution in [3.05, 3.63) is 47.6 Å².